The first-order chi connectivity index (χ1) is 7.06. The van der Waals surface area contributed by atoms with E-state index in [0.717, 1.165) is 6.54 Å². The van der Waals surface area contributed by atoms with Crippen molar-refractivity contribution in [3.63, 3.8) is 0 Å². The predicted octanol–water partition coefficient (Wildman–Crippen LogP) is 1.92. The van der Waals surface area contributed by atoms with Crippen molar-refractivity contribution >= 4 is 5.97 Å². The first kappa shape index (κ1) is 12.5. The van der Waals surface area contributed by atoms with E-state index in [2.05, 4.69) is 25.8 Å². The molecule has 0 aromatic carbocycles. The van der Waals surface area contributed by atoms with E-state index in [1.54, 1.807) is 0 Å². The van der Waals surface area contributed by atoms with Gasteiger partial charge in [0.2, 0.25) is 0 Å². The Hall–Kier alpha value is -0.570. The number of hydrogen-bond acceptors (Lipinski definition) is 3. The predicted molar refractivity (Wildman–Crippen MR) is 60.6 cm³/mol. The van der Waals surface area contributed by atoms with Crippen LogP contribution in [0.25, 0.3) is 0 Å². The van der Waals surface area contributed by atoms with Crippen LogP contribution in [0.2, 0.25) is 0 Å². The Morgan fingerprint density at radius 3 is 2.40 bits per heavy atom. The van der Waals surface area contributed by atoms with Crippen molar-refractivity contribution in [2.24, 2.45) is 11.8 Å². The molecule has 0 aromatic heterocycles. The Kier molecular flexibility index (Phi) is 4.58. The van der Waals surface area contributed by atoms with Gasteiger partial charge >= 0.3 is 5.97 Å². The van der Waals surface area contributed by atoms with Gasteiger partial charge in [-0.1, -0.05) is 20.3 Å². The van der Waals surface area contributed by atoms with Gasteiger partial charge in [-0.05, 0) is 25.8 Å². The molecule has 1 unspecified atom stereocenters. The summed E-state index contributed by atoms with van der Waals surface area (Å²) in [5, 5.41) is 0. The van der Waals surface area contributed by atoms with Crippen LogP contribution in [-0.2, 0) is 9.53 Å². The van der Waals surface area contributed by atoms with Gasteiger partial charge in [-0.3, -0.25) is 4.79 Å². The molecular formula is C12H23NO2. The summed E-state index contributed by atoms with van der Waals surface area (Å²) >= 11 is 0. The third kappa shape index (κ3) is 3.20. The molecule has 1 aliphatic carbocycles. The standard InChI is InChI=1S/C12H23NO2/c1-9(2)11(12(14)15-4)8-13(3)10-6-5-7-10/h9-11H,5-8H2,1-4H3. The minimum atomic E-state index is -0.0730. The van der Waals surface area contributed by atoms with Crippen molar-refractivity contribution in [3.05, 3.63) is 0 Å². The fraction of sp³-hybridized carbons (Fsp3) is 0.917. The van der Waals surface area contributed by atoms with Gasteiger partial charge in [0, 0.05) is 12.6 Å². The van der Waals surface area contributed by atoms with Gasteiger partial charge in [-0.15, -0.1) is 0 Å². The van der Waals surface area contributed by atoms with Crippen molar-refractivity contribution in [3.8, 4) is 0 Å². The Bertz CT molecular complexity index is 212. The van der Waals surface area contributed by atoms with Crippen LogP contribution in [0.15, 0.2) is 0 Å². The summed E-state index contributed by atoms with van der Waals surface area (Å²) in [6, 6.07) is 0.691. The molecular weight excluding hydrogens is 190 g/mol. The van der Waals surface area contributed by atoms with Crippen LogP contribution in [0.5, 0.6) is 0 Å². The highest BCUT2D eigenvalue weighted by Gasteiger charge is 2.29. The molecule has 0 N–H and O–H groups in total. The lowest BCUT2D eigenvalue weighted by molar-refractivity contribution is -0.148. The minimum absolute atomic E-state index is 0.0144. The second-order valence-electron chi connectivity index (χ2n) is 4.90. The highest BCUT2D eigenvalue weighted by atomic mass is 16.5. The summed E-state index contributed by atoms with van der Waals surface area (Å²) in [5.74, 6) is 0.289. The molecule has 1 rings (SSSR count). The van der Waals surface area contributed by atoms with Crippen molar-refractivity contribution in [2.75, 3.05) is 20.7 Å². The van der Waals surface area contributed by atoms with E-state index in [0.29, 0.717) is 12.0 Å². The SMILES string of the molecule is COC(=O)C(CN(C)C1CCC1)C(C)C. The zero-order valence-corrected chi connectivity index (χ0v) is 10.3. The number of methoxy groups -OCH3 is 1. The van der Waals surface area contributed by atoms with Gasteiger partial charge in [0.15, 0.2) is 0 Å². The Morgan fingerprint density at radius 1 is 1.47 bits per heavy atom. The molecule has 0 aliphatic heterocycles. The van der Waals surface area contributed by atoms with Crippen molar-refractivity contribution in [1.82, 2.24) is 4.90 Å². The molecule has 1 aliphatic rings. The largest absolute Gasteiger partial charge is 0.469 e. The normalized spacial score (nSPS) is 19.1. The molecule has 15 heavy (non-hydrogen) atoms. The fourth-order valence-corrected chi connectivity index (χ4v) is 2.00. The van der Waals surface area contributed by atoms with E-state index in [-0.39, 0.29) is 11.9 Å². The lowest BCUT2D eigenvalue weighted by Gasteiger charge is -2.37. The Morgan fingerprint density at radius 2 is 2.07 bits per heavy atom. The maximum absolute atomic E-state index is 11.6. The van der Waals surface area contributed by atoms with Crippen LogP contribution in [0.3, 0.4) is 0 Å². The molecule has 3 heteroatoms. The van der Waals surface area contributed by atoms with Gasteiger partial charge in [0.25, 0.3) is 0 Å². The monoisotopic (exact) mass is 213 g/mol. The molecule has 1 saturated carbocycles. The molecule has 0 bridgehead atoms. The van der Waals surface area contributed by atoms with E-state index in [1.807, 2.05) is 0 Å². The van der Waals surface area contributed by atoms with Crippen molar-refractivity contribution in [1.29, 1.82) is 0 Å². The highest BCUT2D eigenvalue weighted by Crippen LogP contribution is 2.25. The number of ether oxygens (including phenoxy) is 1. The topological polar surface area (TPSA) is 29.5 Å². The number of rotatable bonds is 5. The van der Waals surface area contributed by atoms with E-state index in [4.69, 9.17) is 4.74 Å². The molecule has 0 spiro atoms. The number of esters is 1. The van der Waals surface area contributed by atoms with Gasteiger partial charge in [0.05, 0.1) is 13.0 Å². The first-order valence-electron chi connectivity index (χ1n) is 5.84. The lowest BCUT2D eigenvalue weighted by atomic mass is 9.89. The van der Waals surface area contributed by atoms with Crippen LogP contribution < -0.4 is 0 Å². The fourth-order valence-electron chi connectivity index (χ4n) is 2.00. The van der Waals surface area contributed by atoms with E-state index < -0.39 is 0 Å². The van der Waals surface area contributed by atoms with Crippen LogP contribution in [0.4, 0.5) is 0 Å². The molecule has 0 amide bonds. The van der Waals surface area contributed by atoms with Crippen LogP contribution in [0.1, 0.15) is 33.1 Å². The summed E-state index contributed by atoms with van der Waals surface area (Å²) in [5.41, 5.74) is 0. The van der Waals surface area contributed by atoms with Gasteiger partial charge < -0.3 is 9.64 Å². The second-order valence-corrected chi connectivity index (χ2v) is 4.90. The summed E-state index contributed by atoms with van der Waals surface area (Å²) in [4.78, 5) is 13.9. The third-order valence-corrected chi connectivity index (χ3v) is 3.49. The summed E-state index contributed by atoms with van der Waals surface area (Å²) < 4.78 is 4.84. The Labute approximate surface area is 92.8 Å². The van der Waals surface area contributed by atoms with Gasteiger partial charge in [0.1, 0.15) is 0 Å². The van der Waals surface area contributed by atoms with Crippen molar-refractivity contribution in [2.45, 2.75) is 39.2 Å². The molecule has 0 heterocycles. The highest BCUT2D eigenvalue weighted by molar-refractivity contribution is 5.72. The Balaban J connectivity index is 2.45. The minimum Gasteiger partial charge on any atom is -0.469 e. The van der Waals surface area contributed by atoms with Gasteiger partial charge in [-0.25, -0.2) is 0 Å². The van der Waals surface area contributed by atoms with Crippen LogP contribution >= 0.6 is 0 Å². The summed E-state index contributed by atoms with van der Waals surface area (Å²) in [6.45, 7) is 4.99. The second kappa shape index (κ2) is 5.50. The maximum Gasteiger partial charge on any atom is 0.310 e. The molecule has 0 saturated heterocycles. The number of carbonyl (C=O) groups is 1. The number of carbonyl (C=O) groups excluding carboxylic acids is 1. The van der Waals surface area contributed by atoms with E-state index in [1.165, 1.54) is 26.4 Å². The first-order valence-corrected chi connectivity index (χ1v) is 5.84. The molecule has 0 aromatic rings. The number of hydrogen-bond donors (Lipinski definition) is 0. The van der Waals surface area contributed by atoms with Crippen LogP contribution in [-0.4, -0.2) is 37.6 Å². The lowest BCUT2D eigenvalue weighted by Crippen LogP contribution is -2.43. The molecule has 0 radical (unpaired) electrons. The zero-order valence-electron chi connectivity index (χ0n) is 10.3. The smallest absolute Gasteiger partial charge is 0.310 e. The summed E-state index contributed by atoms with van der Waals surface area (Å²) in [6.07, 6.45) is 3.89. The number of nitrogens with zero attached hydrogens (tertiary/aromatic N) is 1. The summed E-state index contributed by atoms with van der Waals surface area (Å²) in [7, 11) is 3.59. The zero-order chi connectivity index (χ0) is 11.4. The quantitative estimate of drug-likeness (QED) is 0.653. The maximum atomic E-state index is 11.6. The molecule has 1 atom stereocenters. The van der Waals surface area contributed by atoms with E-state index >= 15 is 0 Å². The third-order valence-electron chi connectivity index (χ3n) is 3.49. The van der Waals surface area contributed by atoms with Crippen molar-refractivity contribution < 1.29 is 9.53 Å². The van der Waals surface area contributed by atoms with Crippen LogP contribution in [0, 0.1) is 11.8 Å². The van der Waals surface area contributed by atoms with Gasteiger partial charge in [-0.2, -0.15) is 0 Å². The van der Waals surface area contributed by atoms with E-state index in [9.17, 15) is 4.79 Å². The average Bonchev–Trinajstić information content (AvgIpc) is 2.09. The molecule has 88 valence electrons. The average molecular weight is 213 g/mol. The molecule has 3 nitrogen and oxygen atoms in total. The molecule has 1 fully saturated rings.